The molecule has 1 saturated heterocycles. The number of amides is 1. The van der Waals surface area contributed by atoms with Crippen molar-refractivity contribution in [2.75, 3.05) is 20.2 Å². The van der Waals surface area contributed by atoms with Crippen LogP contribution < -0.4 is 0 Å². The number of carbonyl (C=O) groups excluding carboxylic acids is 1. The van der Waals surface area contributed by atoms with E-state index in [1.54, 1.807) is 19.1 Å². The summed E-state index contributed by atoms with van der Waals surface area (Å²) in [7, 11) is 1.81. The first kappa shape index (κ1) is 22.9. The van der Waals surface area contributed by atoms with Crippen LogP contribution in [0.25, 0.3) is 16.6 Å². The number of aryl methyl sites for hydroxylation is 1. The molecule has 0 N–H and O–H groups in total. The second kappa shape index (κ2) is 8.27. The number of nitrogens with zero attached hydrogens (tertiary/aromatic N) is 3. The quantitative estimate of drug-likeness (QED) is 0.384. The largest absolute Gasteiger partial charge is 0.373 e. The third-order valence-corrected chi connectivity index (χ3v) is 8.53. The monoisotopic (exact) mass is 483 g/mol. The van der Waals surface area contributed by atoms with Crippen LogP contribution in [-0.2, 0) is 20.5 Å². The first-order chi connectivity index (χ1) is 17.3. The van der Waals surface area contributed by atoms with Gasteiger partial charge in [0.2, 0.25) is 5.91 Å². The van der Waals surface area contributed by atoms with Gasteiger partial charge in [-0.1, -0.05) is 30.3 Å². The zero-order chi connectivity index (χ0) is 25.1. The Morgan fingerprint density at radius 3 is 2.56 bits per heavy atom. The first-order valence-corrected chi connectivity index (χ1v) is 12.5. The summed E-state index contributed by atoms with van der Waals surface area (Å²) >= 11 is 0. The number of aromatic nitrogens is 2. The summed E-state index contributed by atoms with van der Waals surface area (Å²) in [5, 5.41) is 5.66. The molecule has 0 spiro atoms. The van der Waals surface area contributed by atoms with E-state index in [4.69, 9.17) is 4.74 Å². The van der Waals surface area contributed by atoms with Crippen molar-refractivity contribution in [1.29, 1.82) is 0 Å². The summed E-state index contributed by atoms with van der Waals surface area (Å²) < 4.78 is 21.7. The molecule has 6 heteroatoms. The Labute approximate surface area is 210 Å². The third kappa shape index (κ3) is 3.39. The smallest absolute Gasteiger partial charge is 0.219 e. The van der Waals surface area contributed by atoms with Gasteiger partial charge in [-0.3, -0.25) is 4.79 Å². The van der Waals surface area contributed by atoms with E-state index in [0.717, 1.165) is 36.0 Å². The summed E-state index contributed by atoms with van der Waals surface area (Å²) in [6.45, 7) is 5.23. The van der Waals surface area contributed by atoms with Gasteiger partial charge in [0.1, 0.15) is 5.82 Å². The number of hydrogen-bond acceptors (Lipinski definition) is 3. The van der Waals surface area contributed by atoms with E-state index in [-0.39, 0.29) is 23.1 Å². The number of benzene rings is 3. The third-order valence-electron chi connectivity index (χ3n) is 8.53. The maximum atomic E-state index is 13.5. The molecular weight excluding hydrogens is 453 g/mol. The Balaban J connectivity index is 1.48. The number of ether oxygens (including phenoxy) is 1. The van der Waals surface area contributed by atoms with Gasteiger partial charge >= 0.3 is 0 Å². The predicted octanol–water partition coefficient (Wildman–Crippen LogP) is 5.52. The highest BCUT2D eigenvalue weighted by atomic mass is 19.1. The Bertz CT molecular complexity index is 1450. The van der Waals surface area contributed by atoms with Gasteiger partial charge in [-0.25, -0.2) is 9.07 Å². The van der Waals surface area contributed by atoms with E-state index >= 15 is 0 Å². The lowest BCUT2D eigenvalue weighted by Crippen LogP contribution is -2.37. The highest BCUT2D eigenvalue weighted by Gasteiger charge is 2.61. The van der Waals surface area contributed by atoms with Gasteiger partial charge in [-0.2, -0.15) is 5.10 Å². The number of hydrogen-bond donors (Lipinski definition) is 0. The van der Waals surface area contributed by atoms with Crippen molar-refractivity contribution < 1.29 is 13.9 Å². The Morgan fingerprint density at radius 2 is 1.86 bits per heavy atom. The van der Waals surface area contributed by atoms with E-state index in [0.29, 0.717) is 6.54 Å². The molecule has 6 rings (SSSR count). The van der Waals surface area contributed by atoms with Crippen molar-refractivity contribution in [3.63, 3.8) is 0 Å². The molecule has 184 valence electrons. The summed E-state index contributed by atoms with van der Waals surface area (Å²) in [6, 6.07) is 21.3. The molecule has 2 heterocycles. The fourth-order valence-electron chi connectivity index (χ4n) is 6.79. The Morgan fingerprint density at radius 1 is 1.11 bits per heavy atom. The van der Waals surface area contributed by atoms with Gasteiger partial charge in [0.15, 0.2) is 0 Å². The zero-order valence-corrected chi connectivity index (χ0v) is 20.9. The molecule has 0 radical (unpaired) electrons. The molecule has 1 aliphatic carbocycles. The van der Waals surface area contributed by atoms with Crippen molar-refractivity contribution in [3.8, 4) is 5.69 Å². The molecule has 3 aromatic carbocycles. The lowest BCUT2D eigenvalue weighted by Gasteiger charge is -2.35. The molecular formula is C30H30FN3O2. The lowest BCUT2D eigenvalue weighted by atomic mass is 9.72. The molecule has 1 amide bonds. The summed E-state index contributed by atoms with van der Waals surface area (Å²) in [4.78, 5) is 14.5. The molecule has 4 aromatic rings. The molecule has 1 aromatic heterocycles. The second-order valence-corrected chi connectivity index (χ2v) is 10.5. The fraction of sp³-hybridized carbons (Fsp3) is 0.333. The van der Waals surface area contributed by atoms with Crippen molar-refractivity contribution in [2.45, 2.75) is 37.7 Å². The number of halogens is 1. The van der Waals surface area contributed by atoms with Crippen LogP contribution in [0.4, 0.5) is 4.39 Å². The van der Waals surface area contributed by atoms with E-state index in [9.17, 15) is 9.18 Å². The lowest BCUT2D eigenvalue weighted by molar-refractivity contribution is -0.128. The minimum Gasteiger partial charge on any atom is -0.373 e. The van der Waals surface area contributed by atoms with E-state index < -0.39 is 5.60 Å². The molecule has 5 nitrogen and oxygen atoms in total. The standard InChI is InChI=1S/C30H30FN3O2/c1-20-13-28-22(16-32-34(28)26-11-9-25(31)10-12-26)14-27(20)29-18-30(36-3,23-7-5-4-6-8-23)15-24(29)17-33(19-29)21(2)35/h4-14,16,24H,15,17-19H2,1-3H3/t24-,29-,30-/m0/s1. The molecule has 2 aliphatic rings. The zero-order valence-electron chi connectivity index (χ0n) is 20.9. The molecule has 1 saturated carbocycles. The summed E-state index contributed by atoms with van der Waals surface area (Å²) in [5.41, 5.74) is 4.82. The van der Waals surface area contributed by atoms with E-state index in [1.165, 1.54) is 28.8 Å². The van der Waals surface area contributed by atoms with Crippen LogP contribution in [0.3, 0.4) is 0 Å². The van der Waals surface area contributed by atoms with Crippen molar-refractivity contribution in [3.05, 3.63) is 95.4 Å². The first-order valence-electron chi connectivity index (χ1n) is 12.5. The molecule has 36 heavy (non-hydrogen) atoms. The molecule has 0 unspecified atom stereocenters. The minimum atomic E-state index is -0.394. The number of fused-ring (bicyclic) bond motifs is 2. The van der Waals surface area contributed by atoms with Crippen LogP contribution >= 0.6 is 0 Å². The van der Waals surface area contributed by atoms with E-state index in [1.807, 2.05) is 29.0 Å². The van der Waals surface area contributed by atoms with Gasteiger partial charge in [-0.05, 0) is 78.8 Å². The SMILES string of the molecule is CO[C@@]1(c2ccccc2)C[C@H]2CN(C(C)=O)C[C@@]2(c2cc3cnn(-c4ccc(F)cc4)c3cc2C)C1. The normalized spacial score (nSPS) is 25.4. The van der Waals surface area contributed by atoms with Crippen LogP contribution in [0.1, 0.15) is 36.5 Å². The fourth-order valence-corrected chi connectivity index (χ4v) is 6.79. The number of carbonyl (C=O) groups is 1. The van der Waals surface area contributed by atoms with Crippen LogP contribution in [0.15, 0.2) is 72.9 Å². The summed E-state index contributed by atoms with van der Waals surface area (Å²) in [6.07, 6.45) is 3.55. The van der Waals surface area contributed by atoms with Crippen molar-refractivity contribution >= 4 is 16.8 Å². The average Bonchev–Trinajstić information content (AvgIpc) is 3.54. The number of likely N-dealkylation sites (tertiary alicyclic amines) is 1. The maximum absolute atomic E-state index is 13.5. The summed E-state index contributed by atoms with van der Waals surface area (Å²) in [5.74, 6) is 0.135. The van der Waals surface area contributed by atoms with Crippen molar-refractivity contribution in [1.82, 2.24) is 14.7 Å². The predicted molar refractivity (Wildman–Crippen MR) is 138 cm³/mol. The Hall–Kier alpha value is -3.51. The molecule has 3 atom stereocenters. The van der Waals surface area contributed by atoms with Gasteiger partial charge in [-0.15, -0.1) is 0 Å². The maximum Gasteiger partial charge on any atom is 0.219 e. The van der Waals surface area contributed by atoms with E-state index in [2.05, 4.69) is 48.4 Å². The van der Waals surface area contributed by atoms with Gasteiger partial charge in [0.05, 0.1) is 23.0 Å². The number of rotatable bonds is 4. The topological polar surface area (TPSA) is 47.4 Å². The number of methoxy groups -OCH3 is 1. The van der Waals surface area contributed by atoms with Crippen molar-refractivity contribution in [2.24, 2.45) is 5.92 Å². The van der Waals surface area contributed by atoms with Gasteiger partial charge in [0.25, 0.3) is 0 Å². The van der Waals surface area contributed by atoms with Crippen LogP contribution in [0.2, 0.25) is 0 Å². The molecule has 2 fully saturated rings. The van der Waals surface area contributed by atoms with Crippen LogP contribution in [0, 0.1) is 18.7 Å². The molecule has 0 bridgehead atoms. The van der Waals surface area contributed by atoms with Crippen LogP contribution in [0.5, 0.6) is 0 Å². The molecule has 1 aliphatic heterocycles. The van der Waals surface area contributed by atoms with Crippen LogP contribution in [-0.4, -0.2) is 40.8 Å². The minimum absolute atomic E-state index is 0.120. The highest BCUT2D eigenvalue weighted by molar-refractivity contribution is 5.83. The second-order valence-electron chi connectivity index (χ2n) is 10.5. The van der Waals surface area contributed by atoms with Gasteiger partial charge in [0, 0.05) is 37.9 Å². The van der Waals surface area contributed by atoms with Gasteiger partial charge < -0.3 is 9.64 Å². The highest BCUT2D eigenvalue weighted by Crippen LogP contribution is 2.59. The Kier molecular flexibility index (Phi) is 5.27. The average molecular weight is 484 g/mol.